The van der Waals surface area contributed by atoms with Crippen molar-refractivity contribution in [2.24, 2.45) is 0 Å². The number of pyridine rings is 1. The molecular formula is C13H17N5O. The maximum absolute atomic E-state index is 12.2. The quantitative estimate of drug-likeness (QED) is 0.812. The Morgan fingerprint density at radius 1 is 1.37 bits per heavy atom. The molecule has 2 N–H and O–H groups in total. The first kappa shape index (κ1) is 12.0. The van der Waals surface area contributed by atoms with E-state index < -0.39 is 0 Å². The molecule has 0 aromatic carbocycles. The van der Waals surface area contributed by atoms with E-state index in [0.717, 1.165) is 42.9 Å². The topological polar surface area (TPSA) is 64.3 Å². The molecule has 3 heterocycles. The number of nitrogens with one attached hydrogen (secondary N) is 2. The number of urea groups is 1. The summed E-state index contributed by atoms with van der Waals surface area (Å²) < 4.78 is 0. The summed E-state index contributed by atoms with van der Waals surface area (Å²) in [7, 11) is 2.07. The molecule has 1 aliphatic heterocycles. The molecule has 3 rings (SSSR count). The van der Waals surface area contributed by atoms with E-state index in [1.807, 2.05) is 17.0 Å². The van der Waals surface area contributed by atoms with Gasteiger partial charge in [-0.3, -0.25) is 0 Å². The van der Waals surface area contributed by atoms with Crippen molar-refractivity contribution < 1.29 is 4.79 Å². The largest absolute Gasteiger partial charge is 0.344 e. The van der Waals surface area contributed by atoms with Gasteiger partial charge in [0.05, 0.1) is 5.69 Å². The van der Waals surface area contributed by atoms with Crippen LogP contribution in [-0.4, -0.2) is 59.0 Å². The van der Waals surface area contributed by atoms with Crippen LogP contribution in [0.15, 0.2) is 24.5 Å². The molecule has 2 amide bonds. The second kappa shape index (κ2) is 4.89. The van der Waals surface area contributed by atoms with Crippen molar-refractivity contribution in [3.8, 4) is 0 Å². The molecule has 0 atom stereocenters. The van der Waals surface area contributed by atoms with Gasteiger partial charge in [-0.15, -0.1) is 0 Å². The third-order valence-electron chi connectivity index (χ3n) is 3.48. The molecule has 0 bridgehead atoms. The molecule has 0 unspecified atom stereocenters. The Morgan fingerprint density at radius 3 is 2.95 bits per heavy atom. The number of rotatable bonds is 1. The van der Waals surface area contributed by atoms with Crippen molar-refractivity contribution >= 4 is 22.8 Å². The molecule has 2 aromatic heterocycles. The highest BCUT2D eigenvalue weighted by atomic mass is 16.2. The van der Waals surface area contributed by atoms with Gasteiger partial charge in [-0.2, -0.15) is 0 Å². The number of piperazine rings is 1. The van der Waals surface area contributed by atoms with Crippen molar-refractivity contribution in [3.05, 3.63) is 24.5 Å². The Bertz CT molecular complexity index is 585. The molecule has 0 saturated carbocycles. The van der Waals surface area contributed by atoms with Crippen LogP contribution in [0.3, 0.4) is 0 Å². The molecular weight excluding hydrogens is 242 g/mol. The number of anilines is 1. The molecule has 6 nitrogen and oxygen atoms in total. The summed E-state index contributed by atoms with van der Waals surface area (Å²) >= 11 is 0. The summed E-state index contributed by atoms with van der Waals surface area (Å²) in [4.78, 5) is 23.5. The fourth-order valence-electron chi connectivity index (χ4n) is 2.26. The number of carbonyl (C=O) groups excluding carboxylic acids is 1. The molecule has 0 aliphatic carbocycles. The van der Waals surface area contributed by atoms with Gasteiger partial charge in [0.1, 0.15) is 5.65 Å². The Kier molecular flexibility index (Phi) is 3.08. The van der Waals surface area contributed by atoms with Crippen LogP contribution in [0.1, 0.15) is 0 Å². The SMILES string of the molecule is CN1CCN(C(=O)Nc2c[nH]c3ncccc23)CC1. The predicted octanol–water partition coefficient (Wildman–Crippen LogP) is 1.34. The number of H-pyrrole nitrogens is 1. The number of hydrogen-bond donors (Lipinski definition) is 2. The lowest BCUT2D eigenvalue weighted by Crippen LogP contribution is -2.48. The lowest BCUT2D eigenvalue weighted by Gasteiger charge is -2.32. The van der Waals surface area contributed by atoms with Crippen LogP contribution in [0, 0.1) is 0 Å². The Labute approximate surface area is 111 Å². The van der Waals surface area contributed by atoms with Crippen LogP contribution < -0.4 is 5.32 Å². The number of hydrogen-bond acceptors (Lipinski definition) is 3. The number of amides is 2. The van der Waals surface area contributed by atoms with E-state index >= 15 is 0 Å². The summed E-state index contributed by atoms with van der Waals surface area (Å²) in [6.07, 6.45) is 3.51. The summed E-state index contributed by atoms with van der Waals surface area (Å²) in [5, 5.41) is 3.88. The summed E-state index contributed by atoms with van der Waals surface area (Å²) in [5.41, 5.74) is 1.57. The standard InChI is InChI=1S/C13H17N5O/c1-17-5-7-18(8-6-17)13(19)16-11-9-15-12-10(11)3-2-4-14-12/h2-4,9H,5-8H2,1H3,(H,14,15)(H,16,19). The first-order valence-corrected chi connectivity index (χ1v) is 6.40. The van der Waals surface area contributed by atoms with Crippen LogP contribution >= 0.6 is 0 Å². The van der Waals surface area contributed by atoms with E-state index in [2.05, 4.69) is 27.2 Å². The number of carbonyl (C=O) groups is 1. The number of likely N-dealkylation sites (N-methyl/N-ethyl adjacent to an activating group) is 1. The smallest absolute Gasteiger partial charge is 0.321 e. The lowest BCUT2D eigenvalue weighted by atomic mass is 10.3. The van der Waals surface area contributed by atoms with Crippen LogP contribution in [0.5, 0.6) is 0 Å². The van der Waals surface area contributed by atoms with Crippen LogP contribution in [0.25, 0.3) is 11.0 Å². The van der Waals surface area contributed by atoms with Gasteiger partial charge in [-0.25, -0.2) is 9.78 Å². The summed E-state index contributed by atoms with van der Waals surface area (Å²) in [6.45, 7) is 3.37. The zero-order valence-electron chi connectivity index (χ0n) is 10.9. The van der Waals surface area contributed by atoms with E-state index in [1.165, 1.54) is 0 Å². The van der Waals surface area contributed by atoms with Gasteiger partial charge < -0.3 is 20.1 Å². The summed E-state index contributed by atoms with van der Waals surface area (Å²) in [5.74, 6) is 0. The van der Waals surface area contributed by atoms with Gasteiger partial charge in [-0.1, -0.05) is 0 Å². The van der Waals surface area contributed by atoms with Crippen molar-refractivity contribution in [2.45, 2.75) is 0 Å². The van der Waals surface area contributed by atoms with Gasteiger partial charge in [-0.05, 0) is 19.2 Å². The second-order valence-corrected chi connectivity index (χ2v) is 4.82. The van der Waals surface area contributed by atoms with E-state index in [0.29, 0.717) is 0 Å². The van der Waals surface area contributed by atoms with Crippen molar-refractivity contribution in [2.75, 3.05) is 38.5 Å². The van der Waals surface area contributed by atoms with Crippen molar-refractivity contribution in [1.29, 1.82) is 0 Å². The number of nitrogens with zero attached hydrogens (tertiary/aromatic N) is 3. The zero-order chi connectivity index (χ0) is 13.2. The maximum atomic E-state index is 12.2. The average molecular weight is 259 g/mol. The number of aromatic nitrogens is 2. The van der Waals surface area contributed by atoms with Crippen LogP contribution in [-0.2, 0) is 0 Å². The van der Waals surface area contributed by atoms with E-state index in [-0.39, 0.29) is 6.03 Å². The lowest BCUT2D eigenvalue weighted by molar-refractivity contribution is 0.164. The highest BCUT2D eigenvalue weighted by molar-refractivity contribution is 5.99. The molecule has 19 heavy (non-hydrogen) atoms. The van der Waals surface area contributed by atoms with E-state index in [4.69, 9.17) is 0 Å². The normalized spacial score (nSPS) is 16.8. The Hall–Kier alpha value is -2.08. The summed E-state index contributed by atoms with van der Waals surface area (Å²) in [6, 6.07) is 3.76. The minimum atomic E-state index is -0.0437. The molecule has 1 fully saturated rings. The number of fused-ring (bicyclic) bond motifs is 1. The predicted molar refractivity (Wildman–Crippen MR) is 74.2 cm³/mol. The molecule has 0 spiro atoms. The van der Waals surface area contributed by atoms with Gasteiger partial charge in [0.2, 0.25) is 0 Å². The molecule has 6 heteroatoms. The first-order valence-electron chi connectivity index (χ1n) is 6.40. The zero-order valence-corrected chi connectivity index (χ0v) is 10.9. The molecule has 0 radical (unpaired) electrons. The highest BCUT2D eigenvalue weighted by Gasteiger charge is 2.19. The van der Waals surface area contributed by atoms with E-state index in [1.54, 1.807) is 12.4 Å². The minimum Gasteiger partial charge on any atom is -0.344 e. The van der Waals surface area contributed by atoms with E-state index in [9.17, 15) is 4.79 Å². The fraction of sp³-hybridized carbons (Fsp3) is 0.385. The third-order valence-corrected chi connectivity index (χ3v) is 3.48. The fourth-order valence-corrected chi connectivity index (χ4v) is 2.26. The highest BCUT2D eigenvalue weighted by Crippen LogP contribution is 2.21. The third kappa shape index (κ3) is 2.39. The van der Waals surface area contributed by atoms with Crippen LogP contribution in [0.2, 0.25) is 0 Å². The van der Waals surface area contributed by atoms with Gasteiger partial charge in [0.15, 0.2) is 0 Å². The first-order chi connectivity index (χ1) is 9.24. The molecule has 2 aromatic rings. The van der Waals surface area contributed by atoms with Crippen molar-refractivity contribution in [1.82, 2.24) is 19.8 Å². The Balaban J connectivity index is 1.72. The molecule has 1 aliphatic rings. The average Bonchev–Trinajstić information content (AvgIpc) is 2.83. The van der Waals surface area contributed by atoms with Crippen molar-refractivity contribution in [3.63, 3.8) is 0 Å². The van der Waals surface area contributed by atoms with Gasteiger partial charge >= 0.3 is 6.03 Å². The molecule has 100 valence electrons. The monoisotopic (exact) mass is 259 g/mol. The number of aromatic amines is 1. The maximum Gasteiger partial charge on any atom is 0.321 e. The van der Waals surface area contributed by atoms with Gasteiger partial charge in [0.25, 0.3) is 0 Å². The minimum absolute atomic E-state index is 0.0437. The second-order valence-electron chi connectivity index (χ2n) is 4.82. The van der Waals surface area contributed by atoms with Crippen LogP contribution in [0.4, 0.5) is 10.5 Å². The Morgan fingerprint density at radius 2 is 2.16 bits per heavy atom. The van der Waals surface area contributed by atoms with Gasteiger partial charge in [0, 0.05) is 44.0 Å². The molecule has 1 saturated heterocycles.